The van der Waals surface area contributed by atoms with Crippen LogP contribution in [0.2, 0.25) is 5.02 Å². The molecule has 3 aromatic rings. The average molecular weight is 525 g/mol. The van der Waals surface area contributed by atoms with Crippen molar-refractivity contribution >= 4 is 49.3 Å². The van der Waals surface area contributed by atoms with E-state index in [1.54, 1.807) is 24.3 Å². The molecule has 0 aliphatic carbocycles. The van der Waals surface area contributed by atoms with E-state index in [0.717, 1.165) is 10.4 Å². The van der Waals surface area contributed by atoms with E-state index in [9.17, 15) is 26.0 Å². The molecule has 0 bridgehead atoms. The molecule has 1 aliphatic heterocycles. The molecule has 1 N–H and O–H groups in total. The molecular formula is C22H18ClFN2O6S2. The van der Waals surface area contributed by atoms with Crippen LogP contribution < -0.4 is 9.03 Å². The minimum Gasteiger partial charge on any atom is -0.325 e. The van der Waals surface area contributed by atoms with Crippen LogP contribution in [0.1, 0.15) is 22.3 Å². The zero-order valence-electron chi connectivity index (χ0n) is 17.4. The molecular weight excluding hydrogens is 507 g/mol. The number of hydrogen-bond donors (Lipinski definition) is 1. The van der Waals surface area contributed by atoms with Crippen LogP contribution >= 0.6 is 11.6 Å². The average Bonchev–Trinajstić information content (AvgIpc) is 2.80. The van der Waals surface area contributed by atoms with Crippen LogP contribution in [0, 0.1) is 5.82 Å². The van der Waals surface area contributed by atoms with Crippen LogP contribution in [0.3, 0.4) is 0 Å². The molecule has 0 spiro atoms. The van der Waals surface area contributed by atoms with Gasteiger partial charge in [0.1, 0.15) is 4.90 Å². The van der Waals surface area contributed by atoms with Gasteiger partial charge in [-0.3, -0.25) is 4.72 Å². The Balaban J connectivity index is 1.64. The van der Waals surface area contributed by atoms with Crippen molar-refractivity contribution < 1.29 is 30.2 Å². The van der Waals surface area contributed by atoms with Gasteiger partial charge in [0.2, 0.25) is 0 Å². The molecule has 8 nitrogen and oxygen atoms in total. The molecule has 0 aromatic heterocycles. The van der Waals surface area contributed by atoms with Gasteiger partial charge in [-0.15, -0.1) is 0 Å². The number of benzene rings is 3. The van der Waals surface area contributed by atoms with Crippen LogP contribution in [-0.4, -0.2) is 29.3 Å². The minimum atomic E-state index is -4.54. The van der Waals surface area contributed by atoms with E-state index in [4.69, 9.17) is 15.8 Å². The van der Waals surface area contributed by atoms with Crippen molar-refractivity contribution in [3.05, 3.63) is 88.7 Å². The van der Waals surface area contributed by atoms with Crippen molar-refractivity contribution in [1.82, 2.24) is 0 Å². The van der Waals surface area contributed by atoms with Crippen molar-refractivity contribution in [1.29, 1.82) is 0 Å². The fourth-order valence-electron chi connectivity index (χ4n) is 3.50. The third-order valence-electron chi connectivity index (χ3n) is 5.08. The fraction of sp³-hybridized carbons (Fsp3) is 0.136. The van der Waals surface area contributed by atoms with Gasteiger partial charge in [-0.05, 0) is 54.8 Å². The van der Waals surface area contributed by atoms with Crippen molar-refractivity contribution in [2.24, 2.45) is 0 Å². The Morgan fingerprint density at radius 2 is 1.74 bits per heavy atom. The second-order valence-electron chi connectivity index (χ2n) is 7.37. The van der Waals surface area contributed by atoms with Crippen LogP contribution in [0.5, 0.6) is 0 Å². The predicted molar refractivity (Wildman–Crippen MR) is 125 cm³/mol. The highest BCUT2D eigenvalue weighted by Gasteiger charge is 2.32. The van der Waals surface area contributed by atoms with Crippen LogP contribution in [-0.2, 0) is 30.9 Å². The standard InChI is InChI=1S/C22H18ClFN2O6S2/c23-18-9-4-10-20(21(18)24)33(28,29)25-17-12-11-15-8-5-13-26(19(15)14-17)34(30,31)32-22(27)16-6-2-1-3-7-16/h1-4,6-7,9-12,14,25H,5,8,13H2. The number of halogens is 2. The number of nitrogens with zero attached hydrogens (tertiary/aromatic N) is 1. The molecule has 34 heavy (non-hydrogen) atoms. The van der Waals surface area contributed by atoms with E-state index in [2.05, 4.69) is 4.72 Å². The summed E-state index contributed by atoms with van der Waals surface area (Å²) in [7, 11) is -8.90. The van der Waals surface area contributed by atoms with Crippen molar-refractivity contribution in [3.8, 4) is 0 Å². The van der Waals surface area contributed by atoms with Crippen LogP contribution in [0.25, 0.3) is 0 Å². The summed E-state index contributed by atoms with van der Waals surface area (Å²) in [6.07, 6.45) is 0.998. The maximum Gasteiger partial charge on any atom is 0.412 e. The first-order valence-corrected chi connectivity index (χ1v) is 13.2. The Kier molecular flexibility index (Phi) is 6.52. The molecule has 178 valence electrons. The molecule has 0 atom stereocenters. The summed E-state index contributed by atoms with van der Waals surface area (Å²) in [5, 5.41) is -0.356. The zero-order valence-corrected chi connectivity index (χ0v) is 19.8. The summed E-state index contributed by atoms with van der Waals surface area (Å²) >= 11 is 5.69. The first-order chi connectivity index (χ1) is 16.1. The van der Waals surface area contributed by atoms with E-state index in [0.29, 0.717) is 18.4 Å². The number of nitrogens with one attached hydrogen (secondary N) is 1. The third-order valence-corrected chi connectivity index (χ3v) is 8.05. The molecule has 3 aromatic carbocycles. The Morgan fingerprint density at radius 3 is 2.47 bits per heavy atom. The second-order valence-corrected chi connectivity index (χ2v) is 10.9. The summed E-state index contributed by atoms with van der Waals surface area (Å²) in [6.45, 7) is 0.0243. The summed E-state index contributed by atoms with van der Waals surface area (Å²) in [4.78, 5) is 11.7. The van der Waals surface area contributed by atoms with Crippen LogP contribution in [0.15, 0.2) is 71.6 Å². The highest BCUT2D eigenvalue weighted by atomic mass is 35.5. The lowest BCUT2D eigenvalue weighted by Crippen LogP contribution is -2.38. The van der Waals surface area contributed by atoms with Crippen molar-refractivity contribution in [3.63, 3.8) is 0 Å². The van der Waals surface area contributed by atoms with Gasteiger partial charge in [0.05, 0.1) is 22.0 Å². The topological polar surface area (TPSA) is 110 Å². The predicted octanol–water partition coefficient (Wildman–Crippen LogP) is 4.13. The smallest absolute Gasteiger partial charge is 0.325 e. The third kappa shape index (κ3) is 4.86. The van der Waals surface area contributed by atoms with Gasteiger partial charge >= 0.3 is 16.3 Å². The van der Waals surface area contributed by atoms with Crippen molar-refractivity contribution in [2.75, 3.05) is 15.6 Å². The monoisotopic (exact) mass is 524 g/mol. The SMILES string of the molecule is O=C(OS(=O)(=O)N1CCCc2ccc(NS(=O)(=O)c3cccc(Cl)c3F)cc21)c1ccccc1. The summed E-state index contributed by atoms with van der Waals surface area (Å²) in [6, 6.07) is 15.5. The lowest BCUT2D eigenvalue weighted by Gasteiger charge is -2.29. The van der Waals surface area contributed by atoms with E-state index in [-0.39, 0.29) is 28.5 Å². The van der Waals surface area contributed by atoms with Gasteiger partial charge in [-0.1, -0.05) is 41.9 Å². The maximum absolute atomic E-state index is 14.3. The van der Waals surface area contributed by atoms with E-state index in [1.165, 1.54) is 36.4 Å². The summed E-state index contributed by atoms with van der Waals surface area (Å²) in [5.74, 6) is -2.15. The maximum atomic E-state index is 14.3. The van der Waals surface area contributed by atoms with Gasteiger partial charge < -0.3 is 4.18 Å². The van der Waals surface area contributed by atoms with Gasteiger partial charge in [0, 0.05) is 6.54 Å². The number of hydrogen-bond acceptors (Lipinski definition) is 6. The van der Waals surface area contributed by atoms with Gasteiger partial charge in [-0.25, -0.2) is 21.9 Å². The number of anilines is 2. The summed E-state index contributed by atoms with van der Waals surface area (Å²) < 4.78 is 73.5. The number of aryl methyl sites for hydroxylation is 1. The molecule has 0 radical (unpaired) electrons. The lowest BCUT2D eigenvalue weighted by atomic mass is 10.0. The van der Waals surface area contributed by atoms with E-state index < -0.39 is 37.0 Å². The van der Waals surface area contributed by atoms with Gasteiger partial charge in [0.15, 0.2) is 5.82 Å². The zero-order chi connectivity index (χ0) is 24.5. The molecule has 0 fully saturated rings. The largest absolute Gasteiger partial charge is 0.412 e. The highest BCUT2D eigenvalue weighted by molar-refractivity contribution is 7.92. The number of fused-ring (bicyclic) bond motifs is 1. The Hall–Kier alpha value is -3.15. The Bertz CT molecular complexity index is 1460. The van der Waals surface area contributed by atoms with E-state index in [1.807, 2.05) is 0 Å². The highest BCUT2D eigenvalue weighted by Crippen LogP contribution is 2.34. The first kappa shape index (κ1) is 24.0. The molecule has 1 aliphatic rings. The normalized spacial score (nSPS) is 13.8. The number of carbonyl (C=O) groups excluding carboxylic acids is 1. The first-order valence-electron chi connectivity index (χ1n) is 10.00. The second kappa shape index (κ2) is 9.24. The Morgan fingerprint density at radius 1 is 1.00 bits per heavy atom. The number of carbonyl (C=O) groups is 1. The molecule has 12 heteroatoms. The number of rotatable bonds is 6. The fourth-order valence-corrected chi connectivity index (χ4v) is 6.02. The Labute approximate surface area is 201 Å². The molecule has 0 unspecified atom stereocenters. The minimum absolute atomic E-state index is 0.00499. The van der Waals surface area contributed by atoms with Crippen LogP contribution in [0.4, 0.5) is 15.8 Å². The van der Waals surface area contributed by atoms with Gasteiger partial charge in [0.25, 0.3) is 10.0 Å². The molecule has 0 saturated heterocycles. The molecule has 1 heterocycles. The summed E-state index contributed by atoms with van der Waals surface area (Å²) in [5.41, 5.74) is 0.823. The lowest BCUT2D eigenvalue weighted by molar-refractivity contribution is 0.0746. The molecule has 0 saturated carbocycles. The quantitative estimate of drug-likeness (QED) is 0.519. The van der Waals surface area contributed by atoms with Gasteiger partial charge in [-0.2, -0.15) is 8.42 Å². The van der Waals surface area contributed by atoms with E-state index >= 15 is 0 Å². The number of sulfonamides is 1. The molecule has 0 amide bonds. The molecule has 4 rings (SSSR count). The van der Waals surface area contributed by atoms with Crippen molar-refractivity contribution in [2.45, 2.75) is 17.7 Å².